The number of fused-ring (bicyclic) bond motifs is 1. The van der Waals surface area contributed by atoms with E-state index < -0.39 is 0 Å². The van der Waals surface area contributed by atoms with Crippen molar-refractivity contribution in [1.82, 2.24) is 24.3 Å². The summed E-state index contributed by atoms with van der Waals surface area (Å²) in [5.41, 5.74) is 1.28. The standard InChI is InChI=1S/C17H17ClN6O/c18-13-1-2-15-21-14(9-17(25)24(15)11-13)12-22-5-7-23(8-6-22)16-10-19-3-4-20-16/h1-4,9-11H,5-8,12H2. The minimum absolute atomic E-state index is 0.110. The molecule has 0 atom stereocenters. The van der Waals surface area contributed by atoms with Crippen molar-refractivity contribution in [2.75, 3.05) is 31.1 Å². The molecule has 7 nitrogen and oxygen atoms in total. The lowest BCUT2D eigenvalue weighted by molar-refractivity contribution is 0.246. The highest BCUT2D eigenvalue weighted by Gasteiger charge is 2.19. The minimum Gasteiger partial charge on any atom is -0.353 e. The van der Waals surface area contributed by atoms with Gasteiger partial charge < -0.3 is 4.90 Å². The van der Waals surface area contributed by atoms with Gasteiger partial charge in [-0.1, -0.05) is 11.6 Å². The van der Waals surface area contributed by atoms with Gasteiger partial charge in [0.05, 0.1) is 16.9 Å². The van der Waals surface area contributed by atoms with Crippen molar-refractivity contribution in [2.24, 2.45) is 0 Å². The number of halogens is 1. The molecule has 8 heteroatoms. The van der Waals surface area contributed by atoms with Crippen molar-refractivity contribution in [3.63, 3.8) is 0 Å². The van der Waals surface area contributed by atoms with Crippen LogP contribution in [0.25, 0.3) is 5.65 Å². The minimum atomic E-state index is -0.110. The Bertz CT molecular complexity index is 937. The molecule has 4 heterocycles. The van der Waals surface area contributed by atoms with E-state index in [9.17, 15) is 4.79 Å². The highest BCUT2D eigenvalue weighted by molar-refractivity contribution is 6.30. The maximum Gasteiger partial charge on any atom is 0.258 e. The largest absolute Gasteiger partial charge is 0.353 e. The number of aromatic nitrogens is 4. The van der Waals surface area contributed by atoms with Crippen molar-refractivity contribution < 1.29 is 0 Å². The van der Waals surface area contributed by atoms with Crippen LogP contribution in [0.2, 0.25) is 5.02 Å². The lowest BCUT2D eigenvalue weighted by atomic mass is 10.2. The molecule has 3 aromatic rings. The average molecular weight is 357 g/mol. The van der Waals surface area contributed by atoms with Gasteiger partial charge in [-0.2, -0.15) is 0 Å². The van der Waals surface area contributed by atoms with Crippen LogP contribution in [0.5, 0.6) is 0 Å². The summed E-state index contributed by atoms with van der Waals surface area (Å²) in [5.74, 6) is 0.904. The zero-order valence-corrected chi connectivity index (χ0v) is 14.3. The van der Waals surface area contributed by atoms with E-state index in [0.29, 0.717) is 17.2 Å². The molecule has 0 aliphatic carbocycles. The second kappa shape index (κ2) is 6.78. The number of hydrogen-bond acceptors (Lipinski definition) is 6. The summed E-state index contributed by atoms with van der Waals surface area (Å²) in [6, 6.07) is 5.09. The first-order valence-electron chi connectivity index (χ1n) is 8.10. The zero-order valence-electron chi connectivity index (χ0n) is 13.5. The maximum atomic E-state index is 12.3. The van der Waals surface area contributed by atoms with E-state index >= 15 is 0 Å². The van der Waals surface area contributed by atoms with E-state index in [1.807, 2.05) is 0 Å². The third-order valence-corrected chi connectivity index (χ3v) is 4.53. The van der Waals surface area contributed by atoms with Gasteiger partial charge in [0.25, 0.3) is 5.56 Å². The summed E-state index contributed by atoms with van der Waals surface area (Å²) < 4.78 is 1.47. The molecular weight excluding hydrogens is 340 g/mol. The normalized spacial score (nSPS) is 15.6. The fraction of sp³-hybridized carbons (Fsp3) is 0.294. The van der Waals surface area contributed by atoms with Gasteiger partial charge in [-0.05, 0) is 12.1 Å². The molecule has 25 heavy (non-hydrogen) atoms. The number of rotatable bonds is 3. The van der Waals surface area contributed by atoms with Crippen molar-refractivity contribution in [1.29, 1.82) is 0 Å². The number of nitrogens with zero attached hydrogens (tertiary/aromatic N) is 6. The second-order valence-corrected chi connectivity index (χ2v) is 6.42. The highest BCUT2D eigenvalue weighted by atomic mass is 35.5. The van der Waals surface area contributed by atoms with Crippen molar-refractivity contribution >= 4 is 23.1 Å². The predicted octanol–water partition coefficient (Wildman–Crippen LogP) is 1.46. The zero-order chi connectivity index (χ0) is 17.2. The van der Waals surface area contributed by atoms with E-state index in [2.05, 4.69) is 24.8 Å². The molecular formula is C17H17ClN6O. The summed E-state index contributed by atoms with van der Waals surface area (Å²) in [4.78, 5) is 29.8. The first-order chi connectivity index (χ1) is 12.2. The summed E-state index contributed by atoms with van der Waals surface area (Å²) in [7, 11) is 0. The van der Waals surface area contributed by atoms with Crippen molar-refractivity contribution in [3.05, 3.63) is 64.1 Å². The molecule has 1 fully saturated rings. The van der Waals surface area contributed by atoms with Crippen LogP contribution in [-0.2, 0) is 6.54 Å². The number of anilines is 1. The fourth-order valence-electron chi connectivity index (χ4n) is 3.03. The molecule has 1 aliphatic heterocycles. The van der Waals surface area contributed by atoms with Crippen molar-refractivity contribution in [3.8, 4) is 0 Å². The molecule has 0 bridgehead atoms. The summed E-state index contributed by atoms with van der Waals surface area (Å²) >= 11 is 5.94. The van der Waals surface area contributed by atoms with Gasteiger partial charge in [0.15, 0.2) is 0 Å². The van der Waals surface area contributed by atoms with Crippen molar-refractivity contribution in [2.45, 2.75) is 6.54 Å². The third kappa shape index (κ3) is 3.47. The smallest absolute Gasteiger partial charge is 0.258 e. The molecule has 0 unspecified atom stereocenters. The molecule has 0 N–H and O–H groups in total. The molecule has 1 saturated heterocycles. The number of hydrogen-bond donors (Lipinski definition) is 0. The number of piperazine rings is 1. The second-order valence-electron chi connectivity index (χ2n) is 5.99. The van der Waals surface area contributed by atoms with E-state index in [1.165, 1.54) is 4.40 Å². The van der Waals surface area contributed by atoms with E-state index in [0.717, 1.165) is 37.7 Å². The lowest BCUT2D eigenvalue weighted by Crippen LogP contribution is -2.46. The maximum absolute atomic E-state index is 12.3. The van der Waals surface area contributed by atoms with Gasteiger partial charge in [-0.15, -0.1) is 0 Å². The van der Waals surface area contributed by atoms with Crippen LogP contribution in [0, 0.1) is 0 Å². The Hall–Kier alpha value is -2.51. The Kier molecular flexibility index (Phi) is 4.33. The Labute approximate surface area is 149 Å². The van der Waals surface area contributed by atoms with Crippen LogP contribution >= 0.6 is 11.6 Å². The van der Waals surface area contributed by atoms with Crippen LogP contribution in [0.3, 0.4) is 0 Å². The van der Waals surface area contributed by atoms with E-state index in [4.69, 9.17) is 11.6 Å². The first kappa shape index (κ1) is 16.0. The third-order valence-electron chi connectivity index (χ3n) is 4.31. The van der Waals surface area contributed by atoms with Gasteiger partial charge in [-0.25, -0.2) is 9.97 Å². The SMILES string of the molecule is O=c1cc(CN2CCN(c3cnccn3)CC2)nc2ccc(Cl)cn12. The monoisotopic (exact) mass is 356 g/mol. The van der Waals surface area contributed by atoms with Crippen LogP contribution < -0.4 is 10.5 Å². The Morgan fingerprint density at radius 1 is 1.12 bits per heavy atom. The molecule has 1 aliphatic rings. The quantitative estimate of drug-likeness (QED) is 0.708. The van der Waals surface area contributed by atoms with E-state index in [1.54, 1.807) is 43.0 Å². The van der Waals surface area contributed by atoms with Gasteiger partial charge in [0, 0.05) is 57.4 Å². The predicted molar refractivity (Wildman–Crippen MR) is 96.0 cm³/mol. The lowest BCUT2D eigenvalue weighted by Gasteiger charge is -2.34. The average Bonchev–Trinajstić information content (AvgIpc) is 2.64. The van der Waals surface area contributed by atoms with Crippen LogP contribution in [0.4, 0.5) is 5.82 Å². The van der Waals surface area contributed by atoms with Crippen LogP contribution in [0.15, 0.2) is 47.8 Å². The van der Waals surface area contributed by atoms with Gasteiger partial charge in [0.2, 0.25) is 0 Å². The summed E-state index contributed by atoms with van der Waals surface area (Å²) in [6.07, 6.45) is 6.76. The van der Waals surface area contributed by atoms with Crippen LogP contribution in [-0.4, -0.2) is 50.4 Å². The summed E-state index contributed by atoms with van der Waals surface area (Å²) in [5, 5.41) is 0.518. The first-order valence-corrected chi connectivity index (χ1v) is 8.48. The van der Waals surface area contributed by atoms with E-state index in [-0.39, 0.29) is 5.56 Å². The molecule has 128 valence electrons. The topological polar surface area (TPSA) is 66.6 Å². The van der Waals surface area contributed by atoms with Gasteiger partial charge in [-0.3, -0.25) is 19.1 Å². The molecule has 4 rings (SSSR count). The molecule has 0 saturated carbocycles. The highest BCUT2D eigenvalue weighted by Crippen LogP contribution is 2.13. The van der Waals surface area contributed by atoms with Gasteiger partial charge in [0.1, 0.15) is 11.5 Å². The fourth-order valence-corrected chi connectivity index (χ4v) is 3.19. The molecule has 3 aromatic heterocycles. The molecule has 0 spiro atoms. The van der Waals surface area contributed by atoms with Crippen LogP contribution in [0.1, 0.15) is 5.69 Å². The molecule has 0 radical (unpaired) electrons. The summed E-state index contributed by atoms with van der Waals surface area (Å²) in [6.45, 7) is 4.18. The Morgan fingerprint density at radius 3 is 2.72 bits per heavy atom. The van der Waals surface area contributed by atoms with Gasteiger partial charge >= 0.3 is 0 Å². The molecule has 0 aromatic carbocycles. The number of pyridine rings is 1. The Balaban J connectivity index is 1.46. The molecule has 0 amide bonds. The Morgan fingerprint density at radius 2 is 1.96 bits per heavy atom.